The van der Waals surface area contributed by atoms with Gasteiger partial charge < -0.3 is 5.32 Å². The molecular weight excluding hydrogens is 242 g/mol. The van der Waals surface area contributed by atoms with Crippen molar-refractivity contribution in [2.24, 2.45) is 5.92 Å². The van der Waals surface area contributed by atoms with E-state index in [1.165, 1.54) is 30.8 Å². The minimum atomic E-state index is 0.381. The lowest BCUT2D eigenvalue weighted by molar-refractivity contribution is 0.365. The molecule has 1 fully saturated rings. The van der Waals surface area contributed by atoms with Gasteiger partial charge in [-0.05, 0) is 49.7 Å². The zero-order chi connectivity index (χ0) is 12.6. The fourth-order valence-corrected chi connectivity index (χ4v) is 3.64. The summed E-state index contributed by atoms with van der Waals surface area (Å²) < 4.78 is 0. The lowest BCUT2D eigenvalue weighted by atomic mass is 9.93. The van der Waals surface area contributed by atoms with Gasteiger partial charge in [-0.3, -0.25) is 9.97 Å². The lowest BCUT2D eigenvalue weighted by Gasteiger charge is -2.26. The molecule has 0 amide bonds. The Morgan fingerprint density at radius 3 is 2.89 bits per heavy atom. The van der Waals surface area contributed by atoms with Crippen LogP contribution in [0.4, 0.5) is 0 Å². The predicted molar refractivity (Wildman–Crippen MR) is 77.7 cm³/mol. The van der Waals surface area contributed by atoms with E-state index in [9.17, 15) is 0 Å². The number of hydrogen-bond donors (Lipinski definition) is 1. The van der Waals surface area contributed by atoms with E-state index in [1.807, 2.05) is 6.20 Å². The van der Waals surface area contributed by atoms with Crippen molar-refractivity contribution in [1.29, 1.82) is 0 Å². The first kappa shape index (κ1) is 13.8. The van der Waals surface area contributed by atoms with Gasteiger partial charge in [-0.1, -0.05) is 6.92 Å². The molecule has 1 aliphatic rings. The van der Waals surface area contributed by atoms with Crippen LogP contribution in [-0.2, 0) is 0 Å². The zero-order valence-corrected chi connectivity index (χ0v) is 12.0. The maximum Gasteiger partial charge on any atom is 0.0756 e. The Morgan fingerprint density at radius 1 is 1.39 bits per heavy atom. The lowest BCUT2D eigenvalue weighted by Crippen LogP contribution is -2.26. The first-order valence-corrected chi connectivity index (χ1v) is 8.12. The highest BCUT2D eigenvalue weighted by molar-refractivity contribution is 7.99. The summed E-state index contributed by atoms with van der Waals surface area (Å²) in [5.74, 6) is 3.50. The van der Waals surface area contributed by atoms with E-state index >= 15 is 0 Å². The third-order valence-corrected chi connectivity index (χ3v) is 4.54. The normalized spacial score (nSPS) is 18.7. The van der Waals surface area contributed by atoms with Crippen molar-refractivity contribution >= 4 is 11.8 Å². The Balaban J connectivity index is 1.95. The molecule has 0 bridgehead atoms. The molecule has 0 saturated carbocycles. The molecule has 1 N–H and O–H groups in total. The van der Waals surface area contributed by atoms with E-state index < -0.39 is 0 Å². The van der Waals surface area contributed by atoms with Crippen LogP contribution in [0.1, 0.15) is 44.3 Å². The Bertz CT molecular complexity index is 325. The highest BCUT2D eigenvalue weighted by Gasteiger charge is 2.20. The third-order valence-electron chi connectivity index (χ3n) is 3.49. The number of nitrogens with zero attached hydrogens (tertiary/aromatic N) is 2. The molecule has 1 aliphatic heterocycles. The van der Waals surface area contributed by atoms with E-state index in [0.29, 0.717) is 6.04 Å². The van der Waals surface area contributed by atoms with E-state index in [1.54, 1.807) is 12.4 Å². The van der Waals surface area contributed by atoms with Crippen molar-refractivity contribution in [2.45, 2.75) is 38.6 Å². The van der Waals surface area contributed by atoms with Gasteiger partial charge in [0.05, 0.1) is 11.7 Å². The van der Waals surface area contributed by atoms with Crippen molar-refractivity contribution in [3.05, 3.63) is 24.3 Å². The summed E-state index contributed by atoms with van der Waals surface area (Å²) in [4.78, 5) is 8.67. The second-order valence-electron chi connectivity index (χ2n) is 4.93. The first-order chi connectivity index (χ1) is 8.90. The molecule has 0 aromatic carbocycles. The quantitative estimate of drug-likeness (QED) is 0.858. The molecule has 4 heteroatoms. The van der Waals surface area contributed by atoms with Crippen molar-refractivity contribution in [3.8, 4) is 0 Å². The number of aromatic nitrogens is 2. The van der Waals surface area contributed by atoms with Crippen LogP contribution in [-0.4, -0.2) is 28.0 Å². The second kappa shape index (κ2) is 7.74. The van der Waals surface area contributed by atoms with Crippen LogP contribution in [0.3, 0.4) is 0 Å². The van der Waals surface area contributed by atoms with Crippen molar-refractivity contribution in [2.75, 3.05) is 18.1 Å². The fraction of sp³-hybridized carbons (Fsp3) is 0.714. The summed E-state index contributed by atoms with van der Waals surface area (Å²) in [5, 5.41) is 3.62. The monoisotopic (exact) mass is 265 g/mol. The Kier molecular flexibility index (Phi) is 5.94. The molecular formula is C14H23N3S. The third kappa shape index (κ3) is 4.25. The molecule has 1 atom stereocenters. The van der Waals surface area contributed by atoms with Crippen LogP contribution in [0.2, 0.25) is 0 Å². The number of thioether (sulfide) groups is 1. The Labute approximate surface area is 114 Å². The maximum atomic E-state index is 4.47. The Hall–Kier alpha value is -0.610. The number of hydrogen-bond acceptors (Lipinski definition) is 4. The summed E-state index contributed by atoms with van der Waals surface area (Å²) >= 11 is 2.09. The topological polar surface area (TPSA) is 37.8 Å². The molecule has 1 aromatic rings. The highest BCUT2D eigenvalue weighted by atomic mass is 32.2. The second-order valence-corrected chi connectivity index (χ2v) is 6.15. The molecule has 0 spiro atoms. The first-order valence-electron chi connectivity index (χ1n) is 6.97. The predicted octanol–water partition coefficient (Wildman–Crippen LogP) is 3.05. The summed E-state index contributed by atoms with van der Waals surface area (Å²) in [6.07, 6.45) is 10.5. The molecule has 2 heterocycles. The van der Waals surface area contributed by atoms with Gasteiger partial charge in [-0.25, -0.2) is 0 Å². The van der Waals surface area contributed by atoms with Gasteiger partial charge in [0, 0.05) is 18.6 Å². The minimum absolute atomic E-state index is 0.381. The van der Waals surface area contributed by atoms with Crippen LogP contribution >= 0.6 is 11.8 Å². The number of nitrogens with one attached hydrogen (secondary N) is 1. The molecule has 1 aromatic heterocycles. The molecule has 2 rings (SSSR count). The fourth-order valence-electron chi connectivity index (χ4n) is 2.43. The van der Waals surface area contributed by atoms with Gasteiger partial charge in [0.15, 0.2) is 0 Å². The van der Waals surface area contributed by atoms with Crippen LogP contribution in [0.15, 0.2) is 18.6 Å². The summed E-state index contributed by atoms with van der Waals surface area (Å²) in [6.45, 7) is 3.26. The van der Waals surface area contributed by atoms with Gasteiger partial charge in [-0.15, -0.1) is 0 Å². The van der Waals surface area contributed by atoms with E-state index in [-0.39, 0.29) is 0 Å². The molecule has 18 heavy (non-hydrogen) atoms. The Morgan fingerprint density at radius 2 is 2.22 bits per heavy atom. The highest BCUT2D eigenvalue weighted by Crippen LogP contribution is 2.30. The van der Waals surface area contributed by atoms with E-state index in [2.05, 4.69) is 34.0 Å². The SMILES string of the molecule is CCCNC(CC1CCSCC1)c1cnccn1. The zero-order valence-electron chi connectivity index (χ0n) is 11.1. The molecule has 0 aliphatic carbocycles. The average molecular weight is 265 g/mol. The van der Waals surface area contributed by atoms with Crippen LogP contribution in [0, 0.1) is 5.92 Å². The molecule has 3 nitrogen and oxygen atoms in total. The minimum Gasteiger partial charge on any atom is -0.309 e. The van der Waals surface area contributed by atoms with Crippen LogP contribution < -0.4 is 5.32 Å². The maximum absolute atomic E-state index is 4.47. The summed E-state index contributed by atoms with van der Waals surface area (Å²) in [7, 11) is 0. The molecule has 100 valence electrons. The average Bonchev–Trinajstić information content (AvgIpc) is 2.45. The van der Waals surface area contributed by atoms with Gasteiger partial charge in [-0.2, -0.15) is 11.8 Å². The van der Waals surface area contributed by atoms with Crippen molar-refractivity contribution in [1.82, 2.24) is 15.3 Å². The van der Waals surface area contributed by atoms with Gasteiger partial charge in [0.25, 0.3) is 0 Å². The van der Waals surface area contributed by atoms with Gasteiger partial charge >= 0.3 is 0 Å². The van der Waals surface area contributed by atoms with E-state index in [0.717, 1.165) is 24.6 Å². The van der Waals surface area contributed by atoms with Crippen LogP contribution in [0.5, 0.6) is 0 Å². The largest absolute Gasteiger partial charge is 0.309 e. The van der Waals surface area contributed by atoms with E-state index in [4.69, 9.17) is 0 Å². The van der Waals surface area contributed by atoms with Gasteiger partial charge in [0.2, 0.25) is 0 Å². The summed E-state index contributed by atoms with van der Waals surface area (Å²) in [5.41, 5.74) is 1.10. The number of rotatable bonds is 6. The van der Waals surface area contributed by atoms with Crippen molar-refractivity contribution < 1.29 is 0 Å². The molecule has 1 saturated heterocycles. The van der Waals surface area contributed by atoms with Gasteiger partial charge in [0.1, 0.15) is 0 Å². The molecule has 1 unspecified atom stereocenters. The van der Waals surface area contributed by atoms with Crippen molar-refractivity contribution in [3.63, 3.8) is 0 Å². The smallest absolute Gasteiger partial charge is 0.0756 e. The molecule has 0 radical (unpaired) electrons. The summed E-state index contributed by atoms with van der Waals surface area (Å²) in [6, 6.07) is 0.381. The standard InChI is InChI=1S/C14H23N3S/c1-2-5-16-13(14-11-15-6-7-17-14)10-12-3-8-18-9-4-12/h6-7,11-13,16H,2-5,8-10H2,1H3. The van der Waals surface area contributed by atoms with Crippen LogP contribution in [0.25, 0.3) is 0 Å².